The molecule has 0 aromatic heterocycles. The molecular formula is C16H8Cl2O3. The van der Waals surface area contributed by atoms with Crippen molar-refractivity contribution in [2.24, 2.45) is 0 Å². The predicted molar refractivity (Wildman–Crippen MR) is 78.1 cm³/mol. The maximum atomic E-state index is 12.5. The summed E-state index contributed by atoms with van der Waals surface area (Å²) in [5.41, 5.74) is 0.120. The lowest BCUT2D eigenvalue weighted by Gasteiger charge is -2.02. The highest BCUT2D eigenvalue weighted by Gasteiger charge is 2.72. The number of benzene rings is 2. The van der Waals surface area contributed by atoms with Crippen molar-refractivity contribution in [2.45, 2.75) is 11.7 Å². The highest BCUT2D eigenvalue weighted by Crippen LogP contribution is 2.57. The lowest BCUT2D eigenvalue weighted by atomic mass is 9.95. The average Bonchev–Trinajstić information content (AvgIpc) is 3.21. The van der Waals surface area contributed by atoms with Crippen molar-refractivity contribution in [1.82, 2.24) is 0 Å². The minimum Gasteiger partial charge on any atom is -0.344 e. The first kappa shape index (κ1) is 13.0. The van der Waals surface area contributed by atoms with Gasteiger partial charge in [-0.3, -0.25) is 9.59 Å². The van der Waals surface area contributed by atoms with Gasteiger partial charge in [-0.2, -0.15) is 0 Å². The molecule has 1 spiro atoms. The summed E-state index contributed by atoms with van der Waals surface area (Å²) in [5.74, 6) is -0.557. The number of epoxide rings is 1. The number of ether oxygens (including phenoxy) is 1. The fourth-order valence-corrected chi connectivity index (χ4v) is 3.16. The predicted octanol–water partition coefficient (Wildman–Crippen LogP) is 3.88. The molecule has 1 aliphatic heterocycles. The van der Waals surface area contributed by atoms with Gasteiger partial charge in [0.2, 0.25) is 17.2 Å². The van der Waals surface area contributed by atoms with Crippen molar-refractivity contribution in [1.29, 1.82) is 0 Å². The van der Waals surface area contributed by atoms with Gasteiger partial charge in [-0.15, -0.1) is 0 Å². The first-order valence-corrected chi connectivity index (χ1v) is 7.12. The number of Topliss-reactive ketones (excluding diaryl/α,β-unsaturated/α-hetero) is 2. The molecule has 0 N–H and O–H groups in total. The Morgan fingerprint density at radius 2 is 1.52 bits per heavy atom. The quantitative estimate of drug-likeness (QED) is 0.592. The molecule has 1 fully saturated rings. The summed E-state index contributed by atoms with van der Waals surface area (Å²) in [5, 5.41) is 0.790. The Morgan fingerprint density at radius 1 is 0.905 bits per heavy atom. The van der Waals surface area contributed by atoms with Crippen molar-refractivity contribution in [3.05, 3.63) is 69.2 Å². The molecule has 0 amide bonds. The monoisotopic (exact) mass is 318 g/mol. The summed E-state index contributed by atoms with van der Waals surface area (Å²) >= 11 is 11.9. The van der Waals surface area contributed by atoms with Crippen LogP contribution in [0.15, 0.2) is 42.5 Å². The van der Waals surface area contributed by atoms with E-state index in [0.29, 0.717) is 26.7 Å². The Labute approximate surface area is 130 Å². The summed E-state index contributed by atoms with van der Waals surface area (Å²) in [7, 11) is 0. The smallest absolute Gasteiger partial charge is 0.224 e. The second-order valence-corrected chi connectivity index (χ2v) is 5.93. The number of carbonyl (C=O) groups excluding carboxylic acids is 2. The van der Waals surface area contributed by atoms with Crippen LogP contribution in [-0.2, 0) is 4.74 Å². The van der Waals surface area contributed by atoms with E-state index in [1.807, 2.05) is 0 Å². The zero-order valence-corrected chi connectivity index (χ0v) is 12.1. The van der Waals surface area contributed by atoms with E-state index in [4.69, 9.17) is 27.9 Å². The van der Waals surface area contributed by atoms with Crippen LogP contribution in [0.5, 0.6) is 0 Å². The van der Waals surface area contributed by atoms with Crippen LogP contribution in [0.1, 0.15) is 32.4 Å². The summed E-state index contributed by atoms with van der Waals surface area (Å²) in [6.45, 7) is 0. The van der Waals surface area contributed by atoms with E-state index in [-0.39, 0.29) is 11.6 Å². The Morgan fingerprint density at radius 3 is 2.10 bits per heavy atom. The first-order chi connectivity index (χ1) is 10.1. The normalized spacial score (nSPS) is 21.7. The van der Waals surface area contributed by atoms with Crippen LogP contribution in [-0.4, -0.2) is 17.2 Å². The molecule has 0 radical (unpaired) electrons. The highest BCUT2D eigenvalue weighted by molar-refractivity contribution is 6.42. The van der Waals surface area contributed by atoms with Crippen LogP contribution < -0.4 is 0 Å². The topological polar surface area (TPSA) is 46.7 Å². The van der Waals surface area contributed by atoms with Crippen LogP contribution >= 0.6 is 23.2 Å². The van der Waals surface area contributed by atoms with E-state index in [1.54, 1.807) is 42.5 Å². The first-order valence-electron chi connectivity index (χ1n) is 6.37. The van der Waals surface area contributed by atoms with E-state index < -0.39 is 11.7 Å². The molecule has 1 saturated heterocycles. The van der Waals surface area contributed by atoms with E-state index in [0.717, 1.165) is 0 Å². The van der Waals surface area contributed by atoms with Gasteiger partial charge in [0.1, 0.15) is 6.10 Å². The largest absolute Gasteiger partial charge is 0.344 e. The van der Waals surface area contributed by atoms with Gasteiger partial charge >= 0.3 is 0 Å². The number of carbonyl (C=O) groups is 2. The van der Waals surface area contributed by atoms with E-state index in [1.165, 1.54) is 0 Å². The van der Waals surface area contributed by atoms with Crippen LogP contribution in [0.2, 0.25) is 10.0 Å². The van der Waals surface area contributed by atoms with E-state index in [2.05, 4.69) is 0 Å². The SMILES string of the molecule is O=C1c2ccccc2C(=O)C12OC2c1ccc(Cl)c(Cl)c1. The number of hydrogen-bond acceptors (Lipinski definition) is 3. The minimum atomic E-state index is -1.40. The van der Waals surface area contributed by atoms with Gasteiger partial charge in [0, 0.05) is 11.1 Å². The zero-order chi connectivity index (χ0) is 14.8. The third-order valence-corrected chi connectivity index (χ3v) is 4.69. The van der Waals surface area contributed by atoms with Gasteiger partial charge in [0.25, 0.3) is 0 Å². The highest BCUT2D eigenvalue weighted by atomic mass is 35.5. The molecule has 1 atom stereocenters. The van der Waals surface area contributed by atoms with Crippen LogP contribution in [0.25, 0.3) is 0 Å². The molecule has 0 saturated carbocycles. The second-order valence-electron chi connectivity index (χ2n) is 5.11. The summed E-state index contributed by atoms with van der Waals surface area (Å²) < 4.78 is 5.55. The van der Waals surface area contributed by atoms with Gasteiger partial charge in [-0.1, -0.05) is 53.5 Å². The molecule has 21 heavy (non-hydrogen) atoms. The van der Waals surface area contributed by atoms with Crippen LogP contribution in [0.3, 0.4) is 0 Å². The Kier molecular flexibility index (Phi) is 2.58. The third kappa shape index (κ3) is 1.59. The molecule has 1 heterocycles. The van der Waals surface area contributed by atoms with Crippen molar-refractivity contribution in [3.63, 3.8) is 0 Å². The maximum Gasteiger partial charge on any atom is 0.224 e. The van der Waals surface area contributed by atoms with Crippen molar-refractivity contribution in [2.75, 3.05) is 0 Å². The maximum absolute atomic E-state index is 12.5. The van der Waals surface area contributed by atoms with Crippen LogP contribution in [0.4, 0.5) is 0 Å². The minimum absolute atomic E-state index is 0.279. The fraction of sp³-hybridized carbons (Fsp3) is 0.125. The molecular weight excluding hydrogens is 311 g/mol. The van der Waals surface area contributed by atoms with Crippen molar-refractivity contribution < 1.29 is 14.3 Å². The second kappa shape index (κ2) is 4.17. The van der Waals surface area contributed by atoms with Gasteiger partial charge < -0.3 is 4.74 Å². The van der Waals surface area contributed by atoms with Crippen LogP contribution in [0, 0.1) is 0 Å². The average molecular weight is 319 g/mol. The number of fused-ring (bicyclic) bond motifs is 1. The third-order valence-electron chi connectivity index (χ3n) is 3.95. The summed E-state index contributed by atoms with van der Waals surface area (Å²) in [6, 6.07) is 11.8. The Hall–Kier alpha value is -1.68. The number of ketones is 2. The standard InChI is InChI=1S/C16H8Cl2O3/c17-11-6-5-8(7-12(11)18)15-16(21-15)13(19)9-3-1-2-4-10(9)14(16)20/h1-7,15H. The molecule has 5 heteroatoms. The Balaban J connectivity index is 1.78. The number of halogens is 2. The Bertz CT molecular complexity index is 778. The molecule has 1 unspecified atom stereocenters. The van der Waals surface area contributed by atoms with Crippen molar-refractivity contribution in [3.8, 4) is 0 Å². The van der Waals surface area contributed by atoms with Gasteiger partial charge in [0.15, 0.2) is 0 Å². The van der Waals surface area contributed by atoms with Gasteiger partial charge in [-0.25, -0.2) is 0 Å². The van der Waals surface area contributed by atoms with E-state index in [9.17, 15) is 9.59 Å². The molecule has 2 aromatic carbocycles. The molecule has 0 bridgehead atoms. The number of rotatable bonds is 1. The van der Waals surface area contributed by atoms with Gasteiger partial charge in [-0.05, 0) is 17.7 Å². The van der Waals surface area contributed by atoms with Crippen molar-refractivity contribution >= 4 is 34.8 Å². The molecule has 1 aliphatic carbocycles. The fourth-order valence-electron chi connectivity index (χ4n) is 2.86. The summed E-state index contributed by atoms with van der Waals surface area (Å²) in [6.07, 6.45) is -0.598. The molecule has 2 aromatic rings. The number of hydrogen-bond donors (Lipinski definition) is 0. The van der Waals surface area contributed by atoms with E-state index >= 15 is 0 Å². The molecule has 104 valence electrons. The summed E-state index contributed by atoms with van der Waals surface area (Å²) in [4.78, 5) is 25.0. The molecule has 4 rings (SSSR count). The molecule has 2 aliphatic rings. The lowest BCUT2D eigenvalue weighted by Crippen LogP contribution is -2.27. The van der Waals surface area contributed by atoms with Gasteiger partial charge in [0.05, 0.1) is 10.0 Å². The zero-order valence-electron chi connectivity index (χ0n) is 10.6. The molecule has 3 nitrogen and oxygen atoms in total. The lowest BCUT2D eigenvalue weighted by molar-refractivity contribution is 0.0785.